The summed E-state index contributed by atoms with van der Waals surface area (Å²) in [5.41, 5.74) is 1.20. The summed E-state index contributed by atoms with van der Waals surface area (Å²) in [5, 5.41) is 3.42. The molecule has 2 aromatic rings. The third-order valence-electron chi connectivity index (χ3n) is 3.10. The molecule has 0 aliphatic heterocycles. The molecule has 120 valence electrons. The number of ether oxygens (including phenoxy) is 1. The number of esters is 1. The lowest BCUT2D eigenvalue weighted by Gasteiger charge is -2.13. The first kappa shape index (κ1) is 17.3. The van der Waals surface area contributed by atoms with Crippen molar-refractivity contribution in [3.8, 4) is 0 Å². The summed E-state index contributed by atoms with van der Waals surface area (Å²) in [6.07, 6.45) is 0. The van der Waals surface area contributed by atoms with Gasteiger partial charge in [-0.1, -0.05) is 47.5 Å². The molecule has 0 aromatic heterocycles. The molecule has 23 heavy (non-hydrogen) atoms. The summed E-state index contributed by atoms with van der Waals surface area (Å²) < 4.78 is 5.17. The highest BCUT2D eigenvalue weighted by molar-refractivity contribution is 6.42. The van der Waals surface area contributed by atoms with Gasteiger partial charge in [-0.15, -0.1) is 0 Å². The van der Waals surface area contributed by atoms with Crippen LogP contribution in [0.5, 0.6) is 0 Å². The number of carbonyl (C=O) groups excluding carboxylic acids is 2. The summed E-state index contributed by atoms with van der Waals surface area (Å²) >= 11 is 11.7. The van der Waals surface area contributed by atoms with Crippen molar-refractivity contribution >= 4 is 35.1 Å². The lowest BCUT2D eigenvalue weighted by Crippen LogP contribution is -2.39. The highest BCUT2D eigenvalue weighted by Gasteiger charge is 2.18. The molecule has 0 fully saturated rings. The highest BCUT2D eigenvalue weighted by atomic mass is 35.5. The Bertz CT molecular complexity index is 704. The number of hydrogen-bond donors (Lipinski definition) is 1. The predicted octanol–water partition coefficient (Wildman–Crippen LogP) is 3.86. The molecular formula is C17H15Cl2NO3. The lowest BCUT2D eigenvalue weighted by atomic mass is 10.2. The van der Waals surface area contributed by atoms with Crippen molar-refractivity contribution in [2.24, 2.45) is 0 Å². The van der Waals surface area contributed by atoms with Gasteiger partial charge in [0.2, 0.25) is 0 Å². The van der Waals surface area contributed by atoms with Crippen LogP contribution in [0.25, 0.3) is 0 Å². The van der Waals surface area contributed by atoms with E-state index in [1.54, 1.807) is 49.4 Å². The fourth-order valence-corrected chi connectivity index (χ4v) is 2.16. The number of hydrogen-bond acceptors (Lipinski definition) is 3. The minimum Gasteiger partial charge on any atom is -0.459 e. The summed E-state index contributed by atoms with van der Waals surface area (Å²) in [7, 11) is 0. The number of nitrogens with one attached hydrogen (secondary N) is 1. The summed E-state index contributed by atoms with van der Waals surface area (Å²) in [4.78, 5) is 23.9. The Kier molecular flexibility index (Phi) is 6.02. The van der Waals surface area contributed by atoms with Crippen molar-refractivity contribution in [3.63, 3.8) is 0 Å². The van der Waals surface area contributed by atoms with E-state index < -0.39 is 12.0 Å². The quantitative estimate of drug-likeness (QED) is 0.832. The van der Waals surface area contributed by atoms with Crippen LogP contribution in [0.3, 0.4) is 0 Å². The van der Waals surface area contributed by atoms with Gasteiger partial charge in [0.1, 0.15) is 12.6 Å². The fraction of sp³-hybridized carbons (Fsp3) is 0.176. The molecule has 1 N–H and O–H groups in total. The van der Waals surface area contributed by atoms with E-state index in [0.717, 1.165) is 0 Å². The van der Waals surface area contributed by atoms with Gasteiger partial charge in [0, 0.05) is 5.56 Å². The molecule has 0 aliphatic rings. The number of halogens is 2. The topological polar surface area (TPSA) is 55.4 Å². The predicted molar refractivity (Wildman–Crippen MR) is 89.6 cm³/mol. The minimum absolute atomic E-state index is 0.0568. The molecule has 0 unspecified atom stereocenters. The number of benzene rings is 2. The van der Waals surface area contributed by atoms with Gasteiger partial charge in [0.25, 0.3) is 5.91 Å². The van der Waals surface area contributed by atoms with E-state index in [4.69, 9.17) is 27.9 Å². The normalized spacial score (nSPS) is 11.6. The first-order valence-electron chi connectivity index (χ1n) is 6.94. The van der Waals surface area contributed by atoms with Crippen molar-refractivity contribution in [2.45, 2.75) is 19.6 Å². The first-order valence-corrected chi connectivity index (χ1v) is 7.69. The Balaban J connectivity index is 1.87. The van der Waals surface area contributed by atoms with Gasteiger partial charge in [-0.3, -0.25) is 4.79 Å². The molecule has 2 rings (SSSR count). The lowest BCUT2D eigenvalue weighted by molar-refractivity contribution is -0.146. The van der Waals surface area contributed by atoms with Gasteiger partial charge in [-0.2, -0.15) is 0 Å². The maximum Gasteiger partial charge on any atom is 0.328 e. The molecule has 0 heterocycles. The number of rotatable bonds is 5. The Morgan fingerprint density at radius 2 is 1.78 bits per heavy atom. The zero-order valence-electron chi connectivity index (χ0n) is 12.4. The van der Waals surface area contributed by atoms with Crippen LogP contribution in [0, 0.1) is 0 Å². The van der Waals surface area contributed by atoms with E-state index >= 15 is 0 Å². The zero-order chi connectivity index (χ0) is 16.8. The van der Waals surface area contributed by atoms with Gasteiger partial charge in [-0.25, -0.2) is 4.79 Å². The first-order chi connectivity index (χ1) is 11.0. The van der Waals surface area contributed by atoms with Crippen LogP contribution in [0.4, 0.5) is 0 Å². The van der Waals surface area contributed by atoms with Gasteiger partial charge in [0.15, 0.2) is 0 Å². The van der Waals surface area contributed by atoms with Crippen LogP contribution in [0.1, 0.15) is 22.8 Å². The van der Waals surface area contributed by atoms with Gasteiger partial charge in [-0.05, 0) is 36.8 Å². The van der Waals surface area contributed by atoms with Gasteiger partial charge < -0.3 is 10.1 Å². The van der Waals surface area contributed by atoms with Crippen LogP contribution in [-0.4, -0.2) is 17.9 Å². The largest absolute Gasteiger partial charge is 0.459 e. The van der Waals surface area contributed by atoms with Crippen molar-refractivity contribution in [1.82, 2.24) is 5.32 Å². The molecule has 6 heteroatoms. The standard InChI is InChI=1S/C17H15Cl2NO3/c1-11(20-16(21)13-5-3-2-4-6-13)17(22)23-10-12-7-8-14(18)15(19)9-12/h2-9,11H,10H2,1H3,(H,20,21)/t11-/m0/s1. The maximum absolute atomic E-state index is 12.0. The van der Waals surface area contributed by atoms with Crippen LogP contribution in [0.2, 0.25) is 10.0 Å². The highest BCUT2D eigenvalue weighted by Crippen LogP contribution is 2.22. The van der Waals surface area contributed by atoms with E-state index in [2.05, 4.69) is 5.32 Å². The molecule has 0 saturated heterocycles. The van der Waals surface area contributed by atoms with Gasteiger partial charge in [0.05, 0.1) is 10.0 Å². The van der Waals surface area contributed by atoms with E-state index in [1.165, 1.54) is 0 Å². The average molecular weight is 352 g/mol. The second-order valence-corrected chi connectivity index (χ2v) is 5.73. The maximum atomic E-state index is 12.0. The molecule has 4 nitrogen and oxygen atoms in total. The monoisotopic (exact) mass is 351 g/mol. The van der Waals surface area contributed by atoms with Crippen LogP contribution in [-0.2, 0) is 16.1 Å². The Hall–Kier alpha value is -2.04. The minimum atomic E-state index is -0.759. The molecule has 0 bridgehead atoms. The molecule has 0 aliphatic carbocycles. The summed E-state index contributed by atoms with van der Waals surface area (Å²) in [6.45, 7) is 1.62. The Labute approximate surface area is 144 Å². The Morgan fingerprint density at radius 1 is 1.09 bits per heavy atom. The van der Waals surface area contributed by atoms with E-state index in [0.29, 0.717) is 21.2 Å². The molecule has 1 amide bonds. The van der Waals surface area contributed by atoms with Crippen LogP contribution < -0.4 is 5.32 Å². The third kappa shape index (κ3) is 4.98. The Morgan fingerprint density at radius 3 is 2.43 bits per heavy atom. The number of carbonyl (C=O) groups is 2. The molecule has 0 saturated carbocycles. The molecule has 1 atom stereocenters. The van der Waals surface area contributed by atoms with Gasteiger partial charge >= 0.3 is 5.97 Å². The summed E-state index contributed by atoms with van der Waals surface area (Å²) in [6, 6.07) is 12.9. The van der Waals surface area contributed by atoms with Crippen molar-refractivity contribution in [3.05, 3.63) is 69.7 Å². The SMILES string of the molecule is C[C@H](NC(=O)c1ccccc1)C(=O)OCc1ccc(Cl)c(Cl)c1. The van der Waals surface area contributed by atoms with E-state index in [1.807, 2.05) is 6.07 Å². The molecular weight excluding hydrogens is 337 g/mol. The average Bonchev–Trinajstić information content (AvgIpc) is 2.56. The van der Waals surface area contributed by atoms with Crippen LogP contribution >= 0.6 is 23.2 Å². The van der Waals surface area contributed by atoms with Crippen molar-refractivity contribution in [2.75, 3.05) is 0 Å². The third-order valence-corrected chi connectivity index (χ3v) is 3.84. The van der Waals surface area contributed by atoms with E-state index in [-0.39, 0.29) is 12.5 Å². The van der Waals surface area contributed by atoms with Crippen molar-refractivity contribution < 1.29 is 14.3 Å². The van der Waals surface area contributed by atoms with Crippen LogP contribution in [0.15, 0.2) is 48.5 Å². The molecule has 0 spiro atoms. The smallest absolute Gasteiger partial charge is 0.328 e. The van der Waals surface area contributed by atoms with Crippen molar-refractivity contribution in [1.29, 1.82) is 0 Å². The van der Waals surface area contributed by atoms with E-state index in [9.17, 15) is 9.59 Å². The molecule has 0 radical (unpaired) electrons. The fourth-order valence-electron chi connectivity index (χ4n) is 1.84. The number of amides is 1. The molecule has 2 aromatic carbocycles. The zero-order valence-corrected chi connectivity index (χ0v) is 13.9. The second kappa shape index (κ2) is 7.99. The summed E-state index contributed by atoms with van der Waals surface area (Å²) in [5.74, 6) is -0.857. The second-order valence-electron chi connectivity index (χ2n) is 4.92.